The Hall–Kier alpha value is -1.69. The zero-order chi connectivity index (χ0) is 15.4. The minimum absolute atomic E-state index is 0.118. The zero-order valence-electron chi connectivity index (χ0n) is 12.7. The third-order valence-corrected chi connectivity index (χ3v) is 4.84. The summed E-state index contributed by atoms with van der Waals surface area (Å²) in [4.78, 5) is 21.3. The normalized spacial score (nSPS) is 14.2. The van der Waals surface area contributed by atoms with E-state index in [9.17, 15) is 4.79 Å². The molecule has 1 aliphatic heterocycles. The summed E-state index contributed by atoms with van der Waals surface area (Å²) in [6.07, 6.45) is 0.966. The molecule has 22 heavy (non-hydrogen) atoms. The number of likely N-dealkylation sites (N-methyl/N-ethyl adjacent to an activating group) is 1. The molecule has 0 aliphatic carbocycles. The third kappa shape index (κ3) is 3.74. The first-order chi connectivity index (χ1) is 10.7. The number of benzene rings is 1. The fourth-order valence-corrected chi connectivity index (χ4v) is 3.45. The van der Waals surface area contributed by atoms with E-state index in [1.165, 1.54) is 10.4 Å². The summed E-state index contributed by atoms with van der Waals surface area (Å²) < 4.78 is 0. The van der Waals surface area contributed by atoms with Crippen molar-refractivity contribution in [3.63, 3.8) is 0 Å². The fourth-order valence-electron chi connectivity index (χ4n) is 2.56. The maximum Gasteiger partial charge on any atom is 0.239 e. The van der Waals surface area contributed by atoms with Gasteiger partial charge in [-0.05, 0) is 29.0 Å². The highest BCUT2D eigenvalue weighted by Crippen LogP contribution is 2.24. The van der Waals surface area contributed by atoms with Crippen LogP contribution in [0.5, 0.6) is 0 Å². The number of hydrogen-bond acceptors (Lipinski definition) is 4. The van der Waals surface area contributed by atoms with Crippen LogP contribution < -0.4 is 0 Å². The van der Waals surface area contributed by atoms with Gasteiger partial charge in [-0.25, -0.2) is 0 Å². The molecule has 1 aromatic heterocycles. The van der Waals surface area contributed by atoms with Gasteiger partial charge in [-0.15, -0.1) is 11.3 Å². The molecular formula is C17H20N2O2S. The van der Waals surface area contributed by atoms with Crippen molar-refractivity contribution in [2.24, 2.45) is 0 Å². The number of carbonyl (C=O) groups is 1. The molecular weight excluding hydrogens is 296 g/mol. The number of hydrogen-bond donors (Lipinski definition) is 0. The summed E-state index contributed by atoms with van der Waals surface area (Å²) in [6, 6.07) is 12.1. The Morgan fingerprint density at radius 3 is 2.95 bits per heavy atom. The van der Waals surface area contributed by atoms with Gasteiger partial charge in [0.1, 0.15) is 6.54 Å². The fraction of sp³-hybridized carbons (Fsp3) is 0.353. The van der Waals surface area contributed by atoms with Crippen molar-refractivity contribution in [1.29, 1.82) is 0 Å². The number of carbonyl (C=O) groups excluding carboxylic acids is 1. The summed E-state index contributed by atoms with van der Waals surface area (Å²) in [5.74, 6) is 0.118. The van der Waals surface area contributed by atoms with Crippen molar-refractivity contribution in [3.8, 4) is 0 Å². The van der Waals surface area contributed by atoms with E-state index in [0.717, 1.165) is 25.1 Å². The Morgan fingerprint density at radius 2 is 2.14 bits per heavy atom. The van der Waals surface area contributed by atoms with E-state index in [1.807, 2.05) is 35.2 Å². The van der Waals surface area contributed by atoms with Gasteiger partial charge in [0, 0.05) is 25.0 Å². The predicted octanol–water partition coefficient (Wildman–Crippen LogP) is 2.70. The van der Waals surface area contributed by atoms with E-state index in [4.69, 9.17) is 4.84 Å². The molecule has 0 fully saturated rings. The minimum Gasteiger partial charge on any atom is -0.337 e. The molecule has 0 saturated carbocycles. The van der Waals surface area contributed by atoms with Crippen molar-refractivity contribution in [3.05, 3.63) is 57.8 Å². The van der Waals surface area contributed by atoms with E-state index in [0.29, 0.717) is 6.61 Å². The molecule has 0 radical (unpaired) electrons. The van der Waals surface area contributed by atoms with E-state index < -0.39 is 0 Å². The van der Waals surface area contributed by atoms with Gasteiger partial charge in [-0.1, -0.05) is 30.3 Å². The van der Waals surface area contributed by atoms with Crippen molar-refractivity contribution >= 4 is 17.2 Å². The molecule has 5 heteroatoms. The van der Waals surface area contributed by atoms with Crippen LogP contribution in [0.15, 0.2) is 41.8 Å². The maximum absolute atomic E-state index is 12.4. The largest absolute Gasteiger partial charge is 0.337 e. The second-order valence-electron chi connectivity index (χ2n) is 5.48. The monoisotopic (exact) mass is 316 g/mol. The van der Waals surface area contributed by atoms with Crippen LogP contribution in [-0.2, 0) is 29.2 Å². The number of rotatable bonds is 5. The smallest absolute Gasteiger partial charge is 0.239 e. The van der Waals surface area contributed by atoms with Crippen LogP contribution in [0.4, 0.5) is 0 Å². The second kappa shape index (κ2) is 7.05. The van der Waals surface area contributed by atoms with Crippen molar-refractivity contribution in [1.82, 2.24) is 9.96 Å². The SMILES string of the molecule is CN(CC(=O)N1CCc2sccc2C1)OCc1ccccc1. The average Bonchev–Trinajstić information content (AvgIpc) is 3.01. The Kier molecular flexibility index (Phi) is 4.87. The van der Waals surface area contributed by atoms with Crippen LogP contribution >= 0.6 is 11.3 Å². The van der Waals surface area contributed by atoms with Gasteiger partial charge < -0.3 is 4.90 Å². The third-order valence-electron chi connectivity index (χ3n) is 3.81. The lowest BCUT2D eigenvalue weighted by molar-refractivity contribution is -0.168. The molecule has 0 bridgehead atoms. The average molecular weight is 316 g/mol. The quantitative estimate of drug-likeness (QED) is 0.795. The molecule has 116 valence electrons. The first kappa shape index (κ1) is 15.2. The summed E-state index contributed by atoms with van der Waals surface area (Å²) >= 11 is 1.79. The number of hydroxylamine groups is 2. The van der Waals surface area contributed by atoms with E-state index in [1.54, 1.807) is 23.4 Å². The van der Waals surface area contributed by atoms with Gasteiger partial charge in [0.25, 0.3) is 0 Å². The van der Waals surface area contributed by atoms with Gasteiger partial charge in [0.05, 0.1) is 6.61 Å². The molecule has 2 aromatic rings. The lowest BCUT2D eigenvalue weighted by Crippen LogP contribution is -2.41. The molecule has 1 aromatic carbocycles. The Labute approximate surface area is 134 Å². The summed E-state index contributed by atoms with van der Waals surface area (Å²) in [6.45, 7) is 2.30. The first-order valence-corrected chi connectivity index (χ1v) is 8.31. The van der Waals surface area contributed by atoms with Crippen LogP contribution in [0.3, 0.4) is 0 Å². The van der Waals surface area contributed by atoms with E-state index in [2.05, 4.69) is 11.4 Å². The number of amides is 1. The van der Waals surface area contributed by atoms with Gasteiger partial charge in [-0.2, -0.15) is 5.06 Å². The molecule has 4 nitrogen and oxygen atoms in total. The molecule has 0 spiro atoms. The van der Waals surface area contributed by atoms with E-state index in [-0.39, 0.29) is 12.5 Å². The standard InChI is InChI=1S/C17H20N2O2S/c1-18(21-13-14-5-3-2-4-6-14)12-17(20)19-9-7-16-15(11-19)8-10-22-16/h2-6,8,10H,7,9,11-13H2,1H3. The minimum atomic E-state index is 0.118. The molecule has 0 N–H and O–H groups in total. The number of thiophene rings is 1. The molecule has 2 heterocycles. The topological polar surface area (TPSA) is 32.8 Å². The van der Waals surface area contributed by atoms with Gasteiger partial charge in [-0.3, -0.25) is 9.63 Å². The van der Waals surface area contributed by atoms with Gasteiger partial charge >= 0.3 is 0 Å². The Bertz CT molecular complexity index is 627. The highest BCUT2D eigenvalue weighted by molar-refractivity contribution is 7.10. The van der Waals surface area contributed by atoms with Crippen LogP contribution in [0.1, 0.15) is 16.0 Å². The second-order valence-corrected chi connectivity index (χ2v) is 6.48. The van der Waals surface area contributed by atoms with Crippen molar-refractivity contribution < 1.29 is 9.63 Å². The van der Waals surface area contributed by atoms with Gasteiger partial charge in [0.2, 0.25) is 5.91 Å². The first-order valence-electron chi connectivity index (χ1n) is 7.43. The lowest BCUT2D eigenvalue weighted by Gasteiger charge is -2.28. The van der Waals surface area contributed by atoms with Crippen LogP contribution in [-0.4, -0.2) is 36.0 Å². The summed E-state index contributed by atoms with van der Waals surface area (Å²) in [5.41, 5.74) is 2.39. The highest BCUT2D eigenvalue weighted by atomic mass is 32.1. The molecule has 0 unspecified atom stereocenters. The molecule has 1 aliphatic rings. The Balaban J connectivity index is 1.47. The van der Waals surface area contributed by atoms with Crippen LogP contribution in [0.25, 0.3) is 0 Å². The maximum atomic E-state index is 12.4. The summed E-state index contributed by atoms with van der Waals surface area (Å²) in [7, 11) is 1.81. The van der Waals surface area contributed by atoms with E-state index >= 15 is 0 Å². The predicted molar refractivity (Wildman–Crippen MR) is 87.3 cm³/mol. The highest BCUT2D eigenvalue weighted by Gasteiger charge is 2.22. The zero-order valence-corrected chi connectivity index (χ0v) is 13.5. The summed E-state index contributed by atoms with van der Waals surface area (Å²) in [5, 5.41) is 3.73. The lowest BCUT2D eigenvalue weighted by atomic mass is 10.1. The molecule has 1 amide bonds. The Morgan fingerprint density at radius 1 is 1.32 bits per heavy atom. The molecule has 0 atom stereocenters. The molecule has 0 saturated heterocycles. The number of nitrogens with zero attached hydrogens (tertiary/aromatic N) is 2. The number of fused-ring (bicyclic) bond motifs is 1. The van der Waals surface area contributed by atoms with Crippen LogP contribution in [0, 0.1) is 0 Å². The van der Waals surface area contributed by atoms with Crippen molar-refractivity contribution in [2.75, 3.05) is 20.1 Å². The van der Waals surface area contributed by atoms with Crippen molar-refractivity contribution in [2.45, 2.75) is 19.6 Å². The van der Waals surface area contributed by atoms with Crippen LogP contribution in [0.2, 0.25) is 0 Å². The van der Waals surface area contributed by atoms with Gasteiger partial charge in [0.15, 0.2) is 0 Å². The molecule has 3 rings (SSSR count).